The Morgan fingerprint density at radius 2 is 1.87 bits per heavy atom. The third-order valence-corrected chi connectivity index (χ3v) is 3.35. The fourth-order valence-electron chi connectivity index (χ4n) is 1.90. The summed E-state index contributed by atoms with van der Waals surface area (Å²) in [6, 6.07) is 0. The minimum atomic E-state index is 0.750. The number of nitrogens with zero attached hydrogens (tertiary/aromatic N) is 3. The lowest BCUT2D eigenvalue weighted by molar-refractivity contribution is 0.141. The van der Waals surface area contributed by atoms with Crippen LogP contribution in [0.2, 0.25) is 0 Å². The number of piperazine rings is 1. The van der Waals surface area contributed by atoms with Gasteiger partial charge in [0.25, 0.3) is 0 Å². The fourth-order valence-corrected chi connectivity index (χ4v) is 2.58. The van der Waals surface area contributed by atoms with Gasteiger partial charge >= 0.3 is 0 Å². The Hall–Kier alpha value is 0.610. The molecule has 0 saturated carbocycles. The van der Waals surface area contributed by atoms with Crippen LogP contribution in [-0.4, -0.2) is 78.5 Å². The van der Waals surface area contributed by atoms with E-state index in [4.69, 9.17) is 0 Å². The normalized spacial score (nSPS) is 22.2. The van der Waals surface area contributed by atoms with Gasteiger partial charge < -0.3 is 9.80 Å². The van der Waals surface area contributed by atoms with Gasteiger partial charge in [-0.3, -0.25) is 4.90 Å². The first-order valence-electron chi connectivity index (χ1n) is 5.81. The van der Waals surface area contributed by atoms with E-state index in [1.54, 1.807) is 0 Å². The molecule has 0 aromatic heterocycles. The molecule has 1 unspecified atom stereocenters. The van der Waals surface area contributed by atoms with E-state index in [1.807, 2.05) is 0 Å². The highest BCUT2D eigenvalue weighted by molar-refractivity contribution is 14.1. The van der Waals surface area contributed by atoms with Crippen molar-refractivity contribution in [2.24, 2.45) is 0 Å². The minimum Gasteiger partial charge on any atom is -0.304 e. The number of likely N-dealkylation sites (N-methyl/N-ethyl adjacent to an activating group) is 2. The number of rotatable bonds is 5. The van der Waals surface area contributed by atoms with Crippen LogP contribution in [-0.2, 0) is 0 Å². The summed E-state index contributed by atoms with van der Waals surface area (Å²) < 4.78 is 0.750. The summed E-state index contributed by atoms with van der Waals surface area (Å²) in [6.07, 6.45) is 0. The van der Waals surface area contributed by atoms with Gasteiger partial charge in [0.05, 0.1) is 0 Å². The largest absolute Gasteiger partial charge is 0.304 e. The topological polar surface area (TPSA) is 9.72 Å². The summed E-state index contributed by atoms with van der Waals surface area (Å²) in [5, 5.41) is 0. The predicted molar refractivity (Wildman–Crippen MR) is 74.9 cm³/mol. The van der Waals surface area contributed by atoms with E-state index in [9.17, 15) is 0 Å². The zero-order valence-electron chi connectivity index (χ0n) is 10.2. The maximum absolute atomic E-state index is 2.58. The van der Waals surface area contributed by atoms with Gasteiger partial charge in [-0.15, -0.1) is 0 Å². The van der Waals surface area contributed by atoms with Crippen molar-refractivity contribution in [1.29, 1.82) is 0 Å². The van der Waals surface area contributed by atoms with E-state index in [0.29, 0.717) is 0 Å². The van der Waals surface area contributed by atoms with Crippen molar-refractivity contribution in [2.45, 2.75) is 10.8 Å². The van der Waals surface area contributed by atoms with Crippen molar-refractivity contribution in [2.75, 3.05) is 59.9 Å². The first-order valence-corrected chi connectivity index (χ1v) is 7.06. The Morgan fingerprint density at radius 1 is 1.27 bits per heavy atom. The Kier molecular flexibility index (Phi) is 6.42. The minimum absolute atomic E-state index is 0.750. The number of alkyl halides is 1. The Morgan fingerprint density at radius 3 is 2.40 bits per heavy atom. The van der Waals surface area contributed by atoms with Gasteiger partial charge in [-0.2, -0.15) is 0 Å². The van der Waals surface area contributed by atoms with Gasteiger partial charge in [-0.25, -0.2) is 0 Å². The van der Waals surface area contributed by atoms with Gasteiger partial charge in [-0.05, 0) is 14.1 Å². The molecule has 1 fully saturated rings. The van der Waals surface area contributed by atoms with E-state index in [2.05, 4.69) is 58.3 Å². The van der Waals surface area contributed by atoms with Crippen LogP contribution < -0.4 is 0 Å². The molecular weight excluding hydrogens is 301 g/mol. The highest BCUT2D eigenvalue weighted by Gasteiger charge is 2.13. The molecule has 1 aliphatic rings. The second-order valence-electron chi connectivity index (χ2n) is 4.69. The van der Waals surface area contributed by atoms with E-state index in [-0.39, 0.29) is 0 Å². The predicted octanol–water partition coefficient (Wildman–Crippen LogP) is 0.989. The molecule has 0 bridgehead atoms. The van der Waals surface area contributed by atoms with Crippen LogP contribution in [0, 0.1) is 0 Å². The van der Waals surface area contributed by atoms with Crippen molar-refractivity contribution < 1.29 is 0 Å². The maximum Gasteiger partial charge on any atom is 0.0209 e. The van der Waals surface area contributed by atoms with Crippen molar-refractivity contribution >= 4 is 22.6 Å². The SMILES string of the molecule is CC(I)CN(C)CCN1CCN(C)CC1. The highest BCUT2D eigenvalue weighted by Crippen LogP contribution is 2.02. The smallest absolute Gasteiger partial charge is 0.0209 e. The van der Waals surface area contributed by atoms with E-state index in [1.165, 1.54) is 45.8 Å². The molecular formula is C11H24IN3. The summed E-state index contributed by atoms with van der Waals surface area (Å²) >= 11 is 2.49. The molecule has 0 amide bonds. The average Bonchev–Trinajstić information content (AvgIpc) is 2.16. The molecule has 1 rings (SSSR count). The standard InChI is InChI=1S/C11H24IN3/c1-11(12)10-14(3)6-9-15-7-4-13(2)5-8-15/h11H,4-10H2,1-3H3. The molecule has 1 aliphatic heterocycles. The molecule has 15 heavy (non-hydrogen) atoms. The summed E-state index contributed by atoms with van der Waals surface area (Å²) in [5.41, 5.74) is 0. The van der Waals surface area contributed by atoms with E-state index < -0.39 is 0 Å². The molecule has 0 N–H and O–H groups in total. The molecule has 0 aromatic carbocycles. The zero-order chi connectivity index (χ0) is 11.3. The van der Waals surface area contributed by atoms with Crippen molar-refractivity contribution in [1.82, 2.24) is 14.7 Å². The van der Waals surface area contributed by atoms with Gasteiger partial charge in [0.15, 0.2) is 0 Å². The first-order chi connectivity index (χ1) is 7.08. The lowest BCUT2D eigenvalue weighted by Gasteiger charge is -2.33. The molecule has 0 spiro atoms. The summed E-state index contributed by atoms with van der Waals surface area (Å²) in [5.74, 6) is 0. The molecule has 3 nitrogen and oxygen atoms in total. The molecule has 0 aliphatic carbocycles. The summed E-state index contributed by atoms with van der Waals surface area (Å²) in [6.45, 7) is 10.8. The van der Waals surface area contributed by atoms with Crippen LogP contribution in [0.15, 0.2) is 0 Å². The number of hydrogen-bond acceptors (Lipinski definition) is 3. The van der Waals surface area contributed by atoms with Crippen LogP contribution in [0.1, 0.15) is 6.92 Å². The maximum atomic E-state index is 2.58. The first kappa shape index (κ1) is 13.7. The second kappa shape index (κ2) is 7.04. The highest BCUT2D eigenvalue weighted by atomic mass is 127. The van der Waals surface area contributed by atoms with Crippen LogP contribution >= 0.6 is 22.6 Å². The second-order valence-corrected chi connectivity index (χ2v) is 6.81. The molecule has 1 saturated heterocycles. The average molecular weight is 325 g/mol. The Balaban J connectivity index is 2.09. The molecule has 4 heteroatoms. The van der Waals surface area contributed by atoms with Crippen molar-refractivity contribution in [3.05, 3.63) is 0 Å². The number of halogens is 1. The molecule has 0 radical (unpaired) electrons. The summed E-state index contributed by atoms with van der Waals surface area (Å²) in [4.78, 5) is 7.43. The Labute approximate surface area is 108 Å². The van der Waals surface area contributed by atoms with Gasteiger partial charge in [0, 0.05) is 49.7 Å². The summed E-state index contributed by atoms with van der Waals surface area (Å²) in [7, 11) is 4.44. The molecule has 90 valence electrons. The van der Waals surface area contributed by atoms with Crippen LogP contribution in [0.4, 0.5) is 0 Å². The van der Waals surface area contributed by atoms with Crippen LogP contribution in [0.3, 0.4) is 0 Å². The van der Waals surface area contributed by atoms with Gasteiger partial charge in [0.1, 0.15) is 0 Å². The number of hydrogen-bond donors (Lipinski definition) is 0. The molecule has 1 heterocycles. The molecule has 1 atom stereocenters. The zero-order valence-corrected chi connectivity index (χ0v) is 12.4. The fraction of sp³-hybridized carbons (Fsp3) is 1.00. The van der Waals surface area contributed by atoms with Crippen molar-refractivity contribution in [3.8, 4) is 0 Å². The van der Waals surface area contributed by atoms with Gasteiger partial charge in [0.2, 0.25) is 0 Å². The van der Waals surface area contributed by atoms with E-state index >= 15 is 0 Å². The Bertz CT molecular complexity index is 167. The third kappa shape index (κ3) is 6.04. The molecule has 0 aromatic rings. The van der Waals surface area contributed by atoms with Crippen LogP contribution in [0.5, 0.6) is 0 Å². The lowest BCUT2D eigenvalue weighted by atomic mass is 10.3. The quantitative estimate of drug-likeness (QED) is 0.551. The third-order valence-electron chi connectivity index (χ3n) is 2.96. The van der Waals surface area contributed by atoms with E-state index in [0.717, 1.165) is 3.92 Å². The lowest BCUT2D eigenvalue weighted by Crippen LogP contribution is -2.46. The van der Waals surface area contributed by atoms with Crippen molar-refractivity contribution in [3.63, 3.8) is 0 Å². The van der Waals surface area contributed by atoms with Crippen LogP contribution in [0.25, 0.3) is 0 Å². The van der Waals surface area contributed by atoms with Gasteiger partial charge in [-0.1, -0.05) is 29.5 Å². The monoisotopic (exact) mass is 325 g/mol.